The third-order valence-electron chi connectivity index (χ3n) is 5.18. The monoisotopic (exact) mass is 377 g/mol. The van der Waals surface area contributed by atoms with Crippen molar-refractivity contribution in [2.45, 2.75) is 43.8 Å². The molecule has 5 N–H and O–H groups in total. The zero-order chi connectivity index (χ0) is 20.1. The van der Waals surface area contributed by atoms with Crippen LogP contribution in [0.3, 0.4) is 0 Å². The minimum absolute atomic E-state index is 0.0338. The minimum Gasteiger partial charge on any atom is -0.483 e. The number of nitro benzene ring substituents is 1. The van der Waals surface area contributed by atoms with Crippen LogP contribution in [-0.2, 0) is 9.59 Å². The highest BCUT2D eigenvalue weighted by molar-refractivity contribution is 6.45. The molecule has 2 unspecified atom stereocenters. The summed E-state index contributed by atoms with van der Waals surface area (Å²) in [5.74, 6) is -0.531. The van der Waals surface area contributed by atoms with Gasteiger partial charge in [-0.15, -0.1) is 0 Å². The molecular weight excluding hydrogens is 354 g/mol. The number of hydrogen-bond acceptors (Lipinski definition) is 7. The number of nitrogens with zero attached hydrogens (tertiary/aromatic N) is 2. The number of amides is 1. The summed E-state index contributed by atoms with van der Waals surface area (Å²) in [4.78, 5) is 33.4. The van der Waals surface area contributed by atoms with Crippen LogP contribution in [0.1, 0.15) is 31.2 Å². The van der Waals surface area contributed by atoms with Crippen LogP contribution in [0.15, 0.2) is 18.2 Å². The van der Waals surface area contributed by atoms with Gasteiger partial charge in [-0.25, -0.2) is 0 Å². The number of non-ortho nitro benzene ring substituents is 1. The van der Waals surface area contributed by atoms with Crippen LogP contribution in [0.5, 0.6) is 0 Å². The van der Waals surface area contributed by atoms with Gasteiger partial charge in [0.15, 0.2) is 0 Å². The largest absolute Gasteiger partial charge is 0.483 e. The predicted molar refractivity (Wildman–Crippen MR) is 98.8 cm³/mol. The molecule has 1 amide bonds. The molecule has 2 saturated heterocycles. The number of carbonyl (C=O) groups is 2. The first-order chi connectivity index (χ1) is 12.8. The molecule has 27 heavy (non-hydrogen) atoms. The first-order valence-corrected chi connectivity index (χ1v) is 8.52. The lowest BCUT2D eigenvalue weighted by Crippen LogP contribution is -2.50. The first-order valence-electron chi connectivity index (χ1n) is 8.52. The van der Waals surface area contributed by atoms with E-state index in [1.807, 2.05) is 0 Å². The number of rotatable bonds is 4. The Balaban J connectivity index is 0.000000817. The molecule has 146 valence electrons. The Hall–Kier alpha value is -3.01. The second-order valence-electron chi connectivity index (χ2n) is 6.70. The fraction of sp³-hybridized carbons (Fsp3) is 0.471. The van der Waals surface area contributed by atoms with Gasteiger partial charge < -0.3 is 21.1 Å². The van der Waals surface area contributed by atoms with Crippen LogP contribution in [0.25, 0.3) is 0 Å². The zero-order valence-electron chi connectivity index (χ0n) is 14.9. The number of nitrogens with two attached hydrogens (primary N) is 1. The van der Waals surface area contributed by atoms with E-state index in [1.54, 1.807) is 0 Å². The number of nitrogen functional groups attached to an aromatic ring is 1. The second-order valence-corrected chi connectivity index (χ2v) is 6.70. The van der Waals surface area contributed by atoms with Crippen molar-refractivity contribution >= 4 is 29.5 Å². The maximum Gasteiger partial charge on any atom is 0.290 e. The molecule has 0 aromatic heterocycles. The Labute approximate surface area is 156 Å². The summed E-state index contributed by atoms with van der Waals surface area (Å²) in [5, 5.41) is 28.7. The summed E-state index contributed by atoms with van der Waals surface area (Å²) >= 11 is 0. The molecule has 2 bridgehead atoms. The fourth-order valence-electron chi connectivity index (χ4n) is 3.78. The minimum atomic E-state index is -0.567. The number of nitrogens with one attached hydrogen (secondary N) is 2. The molecule has 2 atom stereocenters. The predicted octanol–water partition coefficient (Wildman–Crippen LogP) is 0.987. The molecule has 2 fully saturated rings. The van der Waals surface area contributed by atoms with Crippen LogP contribution < -0.4 is 11.1 Å². The Morgan fingerprint density at radius 1 is 1.41 bits per heavy atom. The number of carboxylic acid groups (broad SMARTS) is 1. The molecule has 10 heteroatoms. The van der Waals surface area contributed by atoms with Gasteiger partial charge in [0.2, 0.25) is 0 Å². The van der Waals surface area contributed by atoms with Crippen LogP contribution in [0.4, 0.5) is 11.4 Å². The van der Waals surface area contributed by atoms with Gasteiger partial charge in [0.1, 0.15) is 5.71 Å². The molecule has 10 nitrogen and oxygen atoms in total. The molecule has 3 rings (SSSR count). The van der Waals surface area contributed by atoms with E-state index < -0.39 is 10.8 Å². The van der Waals surface area contributed by atoms with Gasteiger partial charge in [-0.2, -0.15) is 0 Å². The highest BCUT2D eigenvalue weighted by Gasteiger charge is 2.39. The third-order valence-corrected chi connectivity index (χ3v) is 5.18. The van der Waals surface area contributed by atoms with E-state index in [2.05, 4.69) is 17.3 Å². The van der Waals surface area contributed by atoms with Crippen LogP contribution in [-0.4, -0.2) is 58.2 Å². The SMILES string of the molecule is CN1C2CCC1CC(NC(=O)C(=N)c1cc([N+](=O)[O-])ccc1N)C2.O=CO. The van der Waals surface area contributed by atoms with Crippen molar-refractivity contribution < 1.29 is 19.6 Å². The number of benzene rings is 1. The zero-order valence-corrected chi connectivity index (χ0v) is 14.9. The molecule has 2 aliphatic rings. The Kier molecular flexibility index (Phi) is 6.45. The van der Waals surface area contributed by atoms with E-state index in [0.717, 1.165) is 25.7 Å². The number of anilines is 1. The Morgan fingerprint density at radius 2 is 1.96 bits per heavy atom. The Bertz CT molecular complexity index is 739. The van der Waals surface area contributed by atoms with E-state index in [9.17, 15) is 14.9 Å². The van der Waals surface area contributed by atoms with Crippen LogP contribution in [0.2, 0.25) is 0 Å². The van der Waals surface area contributed by atoms with Crippen molar-refractivity contribution in [2.75, 3.05) is 12.8 Å². The molecule has 2 heterocycles. The van der Waals surface area contributed by atoms with E-state index in [4.69, 9.17) is 21.0 Å². The van der Waals surface area contributed by atoms with Gasteiger partial charge in [-0.1, -0.05) is 0 Å². The molecular formula is C17H23N5O5. The normalized spacial score (nSPS) is 23.7. The van der Waals surface area contributed by atoms with Gasteiger partial charge in [-0.3, -0.25) is 25.1 Å². The van der Waals surface area contributed by atoms with Gasteiger partial charge in [0.05, 0.1) is 4.92 Å². The lowest BCUT2D eigenvalue weighted by molar-refractivity contribution is -0.384. The van der Waals surface area contributed by atoms with E-state index in [-0.39, 0.29) is 35.2 Å². The maximum atomic E-state index is 12.4. The average molecular weight is 377 g/mol. The molecule has 0 saturated carbocycles. The molecule has 1 aromatic rings. The maximum absolute atomic E-state index is 12.4. The topological polar surface area (TPSA) is 163 Å². The molecule has 2 aliphatic heterocycles. The van der Waals surface area contributed by atoms with Crippen molar-refractivity contribution in [1.29, 1.82) is 5.41 Å². The summed E-state index contributed by atoms with van der Waals surface area (Å²) in [6.07, 6.45) is 4.03. The summed E-state index contributed by atoms with van der Waals surface area (Å²) in [7, 11) is 2.12. The van der Waals surface area contributed by atoms with Crippen molar-refractivity contribution in [3.8, 4) is 0 Å². The molecule has 0 aliphatic carbocycles. The summed E-state index contributed by atoms with van der Waals surface area (Å²) < 4.78 is 0. The molecule has 1 aromatic carbocycles. The number of hydrogen-bond donors (Lipinski definition) is 4. The third kappa shape index (κ3) is 4.59. The second kappa shape index (κ2) is 8.58. The lowest BCUT2D eigenvalue weighted by Gasteiger charge is -2.36. The van der Waals surface area contributed by atoms with Crippen molar-refractivity contribution in [3.05, 3.63) is 33.9 Å². The van der Waals surface area contributed by atoms with Gasteiger partial charge in [-0.05, 0) is 38.8 Å². The van der Waals surface area contributed by atoms with Gasteiger partial charge >= 0.3 is 0 Å². The standard InChI is InChI=1S/C16H21N5O3.CH2O2/c1-20-10-2-3-11(20)7-9(6-10)19-16(22)15(18)13-8-12(21(23)24)4-5-14(13)17;2-1-3/h4-5,8-11,18H,2-3,6-7,17H2,1H3,(H,19,22);1H,(H,2,3). The molecule has 0 radical (unpaired) electrons. The first kappa shape index (κ1) is 20.3. The van der Waals surface area contributed by atoms with Crippen molar-refractivity contribution in [1.82, 2.24) is 10.2 Å². The quantitative estimate of drug-likeness (QED) is 0.200. The highest BCUT2D eigenvalue weighted by Crippen LogP contribution is 2.34. The van der Waals surface area contributed by atoms with Crippen molar-refractivity contribution in [3.63, 3.8) is 0 Å². The van der Waals surface area contributed by atoms with Gasteiger partial charge in [0.25, 0.3) is 18.1 Å². The van der Waals surface area contributed by atoms with E-state index in [0.29, 0.717) is 12.1 Å². The van der Waals surface area contributed by atoms with E-state index >= 15 is 0 Å². The summed E-state index contributed by atoms with van der Waals surface area (Å²) in [5.41, 5.74) is 5.55. The summed E-state index contributed by atoms with van der Waals surface area (Å²) in [6, 6.07) is 4.78. The Morgan fingerprint density at radius 3 is 2.48 bits per heavy atom. The lowest BCUT2D eigenvalue weighted by atomic mass is 9.97. The van der Waals surface area contributed by atoms with Gasteiger partial charge in [0, 0.05) is 41.5 Å². The number of carbonyl (C=O) groups excluding carboxylic acids is 1. The fourth-order valence-corrected chi connectivity index (χ4v) is 3.78. The smallest absolute Gasteiger partial charge is 0.290 e. The number of piperidine rings is 1. The summed E-state index contributed by atoms with van der Waals surface area (Å²) in [6.45, 7) is -0.250. The van der Waals surface area contributed by atoms with E-state index in [1.165, 1.54) is 18.2 Å². The van der Waals surface area contributed by atoms with Crippen LogP contribution >= 0.6 is 0 Å². The highest BCUT2D eigenvalue weighted by atomic mass is 16.6. The van der Waals surface area contributed by atoms with Crippen LogP contribution in [0, 0.1) is 15.5 Å². The number of nitro groups is 1. The number of fused-ring (bicyclic) bond motifs is 2. The average Bonchev–Trinajstić information content (AvgIpc) is 2.83. The molecule has 0 spiro atoms. The van der Waals surface area contributed by atoms with Crippen molar-refractivity contribution in [2.24, 2.45) is 0 Å².